The molecular weight excluding hydrogens is 266 g/mol. The van der Waals surface area contributed by atoms with E-state index in [0.29, 0.717) is 19.0 Å². The Morgan fingerprint density at radius 2 is 2.05 bits per heavy atom. The first-order valence-corrected chi connectivity index (χ1v) is 7.40. The van der Waals surface area contributed by atoms with Gasteiger partial charge in [-0.2, -0.15) is 0 Å². The first-order chi connectivity index (χ1) is 10.1. The summed E-state index contributed by atoms with van der Waals surface area (Å²) in [4.78, 5) is 16.3. The molecule has 116 valence electrons. The molecule has 0 amide bonds. The number of esters is 1. The van der Waals surface area contributed by atoms with Gasteiger partial charge in [-0.05, 0) is 18.2 Å². The monoisotopic (exact) mass is 291 g/mol. The number of carbonyl (C=O) groups excluding carboxylic acids is 1. The van der Waals surface area contributed by atoms with Gasteiger partial charge < -0.3 is 15.4 Å². The molecule has 1 heterocycles. The van der Waals surface area contributed by atoms with Crippen LogP contribution in [0, 0.1) is 0 Å². The Labute approximate surface area is 126 Å². The predicted octanol–water partition coefficient (Wildman–Crippen LogP) is 0.477. The van der Waals surface area contributed by atoms with Gasteiger partial charge in [-0.1, -0.05) is 24.3 Å². The highest BCUT2D eigenvalue weighted by Crippen LogP contribution is 2.17. The highest BCUT2D eigenvalue weighted by Gasteiger charge is 2.24. The number of nitrogens with zero attached hydrogens (tertiary/aromatic N) is 2. The van der Waals surface area contributed by atoms with Gasteiger partial charge in [-0.25, -0.2) is 0 Å². The molecule has 1 atom stereocenters. The standard InChI is InChI=1S/C16H25N3O2/c1-18-7-8-19(15(10-17)12-18)11-14-6-4-3-5-13(14)9-16(20)21-2/h3-6,15H,7-12,17H2,1-2H3. The summed E-state index contributed by atoms with van der Waals surface area (Å²) in [6, 6.07) is 8.44. The number of nitrogens with two attached hydrogens (primary N) is 1. The van der Waals surface area contributed by atoms with Crippen LogP contribution in [0.15, 0.2) is 24.3 Å². The van der Waals surface area contributed by atoms with E-state index in [-0.39, 0.29) is 5.97 Å². The molecule has 1 aromatic rings. The van der Waals surface area contributed by atoms with Crippen LogP contribution in [0.1, 0.15) is 11.1 Å². The molecule has 0 bridgehead atoms. The van der Waals surface area contributed by atoms with Crippen LogP contribution in [-0.4, -0.2) is 62.1 Å². The number of carbonyl (C=O) groups is 1. The van der Waals surface area contributed by atoms with Gasteiger partial charge in [0.1, 0.15) is 0 Å². The molecule has 0 radical (unpaired) electrons. The predicted molar refractivity (Wildman–Crippen MR) is 82.9 cm³/mol. The van der Waals surface area contributed by atoms with E-state index in [2.05, 4.69) is 22.9 Å². The Morgan fingerprint density at radius 1 is 1.33 bits per heavy atom. The van der Waals surface area contributed by atoms with Gasteiger partial charge >= 0.3 is 5.97 Å². The third-order valence-electron chi connectivity index (χ3n) is 4.13. The molecule has 1 aromatic carbocycles. The fourth-order valence-electron chi connectivity index (χ4n) is 2.81. The number of methoxy groups -OCH3 is 1. The fraction of sp³-hybridized carbons (Fsp3) is 0.562. The van der Waals surface area contributed by atoms with Crippen LogP contribution in [0.2, 0.25) is 0 Å². The van der Waals surface area contributed by atoms with Crippen LogP contribution >= 0.6 is 0 Å². The van der Waals surface area contributed by atoms with Gasteiger partial charge in [0.25, 0.3) is 0 Å². The van der Waals surface area contributed by atoms with E-state index in [1.807, 2.05) is 18.2 Å². The fourth-order valence-corrected chi connectivity index (χ4v) is 2.81. The second-order valence-corrected chi connectivity index (χ2v) is 5.64. The average molecular weight is 291 g/mol. The zero-order chi connectivity index (χ0) is 15.2. The summed E-state index contributed by atoms with van der Waals surface area (Å²) >= 11 is 0. The quantitative estimate of drug-likeness (QED) is 0.800. The number of hydrogen-bond acceptors (Lipinski definition) is 5. The molecule has 5 nitrogen and oxygen atoms in total. The molecule has 5 heteroatoms. The van der Waals surface area contributed by atoms with E-state index in [1.165, 1.54) is 12.7 Å². The van der Waals surface area contributed by atoms with Crippen molar-refractivity contribution in [3.05, 3.63) is 35.4 Å². The second kappa shape index (κ2) is 7.54. The maximum absolute atomic E-state index is 11.5. The summed E-state index contributed by atoms with van der Waals surface area (Å²) < 4.78 is 4.78. The molecule has 1 aliphatic rings. The van der Waals surface area contributed by atoms with Crippen molar-refractivity contribution in [1.82, 2.24) is 9.80 Å². The van der Waals surface area contributed by atoms with Gasteiger partial charge in [0.2, 0.25) is 0 Å². The average Bonchev–Trinajstić information content (AvgIpc) is 2.50. The lowest BCUT2D eigenvalue weighted by molar-refractivity contribution is -0.139. The van der Waals surface area contributed by atoms with Crippen LogP contribution in [0.3, 0.4) is 0 Å². The van der Waals surface area contributed by atoms with E-state index in [1.54, 1.807) is 0 Å². The highest BCUT2D eigenvalue weighted by atomic mass is 16.5. The van der Waals surface area contributed by atoms with Gasteiger partial charge in [0.05, 0.1) is 13.5 Å². The number of ether oxygens (including phenoxy) is 1. The Hall–Kier alpha value is -1.43. The van der Waals surface area contributed by atoms with Crippen molar-refractivity contribution < 1.29 is 9.53 Å². The van der Waals surface area contributed by atoms with E-state index < -0.39 is 0 Å². The molecule has 1 fully saturated rings. The number of likely N-dealkylation sites (N-methyl/N-ethyl adjacent to an activating group) is 1. The highest BCUT2D eigenvalue weighted by molar-refractivity contribution is 5.72. The number of rotatable bonds is 5. The van der Waals surface area contributed by atoms with E-state index in [9.17, 15) is 4.79 Å². The minimum absolute atomic E-state index is 0.198. The molecule has 21 heavy (non-hydrogen) atoms. The zero-order valence-electron chi connectivity index (χ0n) is 12.9. The van der Waals surface area contributed by atoms with E-state index in [0.717, 1.165) is 31.7 Å². The maximum atomic E-state index is 11.5. The van der Waals surface area contributed by atoms with Crippen molar-refractivity contribution in [2.45, 2.75) is 19.0 Å². The SMILES string of the molecule is COC(=O)Cc1ccccc1CN1CCN(C)CC1CN. The van der Waals surface area contributed by atoms with Crippen molar-refractivity contribution in [2.75, 3.05) is 40.3 Å². The summed E-state index contributed by atoms with van der Waals surface area (Å²) in [7, 11) is 3.56. The summed E-state index contributed by atoms with van der Waals surface area (Å²) in [6.45, 7) is 4.54. The van der Waals surface area contributed by atoms with Crippen LogP contribution in [-0.2, 0) is 22.5 Å². The van der Waals surface area contributed by atoms with Crippen LogP contribution in [0.25, 0.3) is 0 Å². The molecule has 1 aliphatic heterocycles. The second-order valence-electron chi connectivity index (χ2n) is 5.64. The Balaban J connectivity index is 2.09. The first kappa shape index (κ1) is 15.9. The maximum Gasteiger partial charge on any atom is 0.309 e. The van der Waals surface area contributed by atoms with Crippen molar-refractivity contribution in [1.29, 1.82) is 0 Å². The molecule has 0 saturated carbocycles. The lowest BCUT2D eigenvalue weighted by atomic mass is 10.0. The number of benzene rings is 1. The topological polar surface area (TPSA) is 58.8 Å². The van der Waals surface area contributed by atoms with Crippen molar-refractivity contribution in [3.8, 4) is 0 Å². The largest absolute Gasteiger partial charge is 0.469 e. The molecule has 0 aliphatic carbocycles. The Bertz CT molecular complexity index is 478. The van der Waals surface area contributed by atoms with Crippen molar-refractivity contribution in [3.63, 3.8) is 0 Å². The number of piperazine rings is 1. The molecular formula is C16H25N3O2. The van der Waals surface area contributed by atoms with Crippen LogP contribution < -0.4 is 5.73 Å². The van der Waals surface area contributed by atoms with Crippen LogP contribution in [0.5, 0.6) is 0 Å². The lowest BCUT2D eigenvalue weighted by Gasteiger charge is -2.39. The minimum atomic E-state index is -0.198. The third kappa shape index (κ3) is 4.27. The molecule has 1 saturated heterocycles. The van der Waals surface area contributed by atoms with E-state index >= 15 is 0 Å². The summed E-state index contributed by atoms with van der Waals surface area (Å²) in [5.74, 6) is -0.198. The zero-order valence-corrected chi connectivity index (χ0v) is 12.9. The van der Waals surface area contributed by atoms with Gasteiger partial charge in [0, 0.05) is 38.8 Å². The van der Waals surface area contributed by atoms with Gasteiger partial charge in [0.15, 0.2) is 0 Å². The molecule has 2 rings (SSSR count). The molecule has 0 spiro atoms. The van der Waals surface area contributed by atoms with E-state index in [4.69, 9.17) is 10.5 Å². The number of hydrogen-bond donors (Lipinski definition) is 1. The van der Waals surface area contributed by atoms with Crippen molar-refractivity contribution in [2.24, 2.45) is 5.73 Å². The summed E-state index contributed by atoms with van der Waals surface area (Å²) in [6.07, 6.45) is 0.327. The van der Waals surface area contributed by atoms with Crippen molar-refractivity contribution >= 4 is 5.97 Å². The normalized spacial score (nSPS) is 20.4. The van der Waals surface area contributed by atoms with Gasteiger partial charge in [-0.3, -0.25) is 9.69 Å². The first-order valence-electron chi connectivity index (χ1n) is 7.40. The molecule has 1 unspecified atom stereocenters. The van der Waals surface area contributed by atoms with Gasteiger partial charge in [-0.15, -0.1) is 0 Å². The van der Waals surface area contributed by atoms with Crippen LogP contribution in [0.4, 0.5) is 0 Å². The molecule has 2 N–H and O–H groups in total. The summed E-state index contributed by atoms with van der Waals surface area (Å²) in [5.41, 5.74) is 8.13. The Morgan fingerprint density at radius 3 is 2.71 bits per heavy atom. The minimum Gasteiger partial charge on any atom is -0.469 e. The lowest BCUT2D eigenvalue weighted by Crippen LogP contribution is -2.54. The molecule has 0 aromatic heterocycles. The summed E-state index contributed by atoms with van der Waals surface area (Å²) in [5, 5.41) is 0. The smallest absolute Gasteiger partial charge is 0.309 e. The third-order valence-corrected chi connectivity index (χ3v) is 4.13. The Kier molecular flexibility index (Phi) is 5.73.